The summed E-state index contributed by atoms with van der Waals surface area (Å²) in [6.07, 6.45) is 4.24. The molecule has 4 heterocycles. The molecule has 8 nitrogen and oxygen atoms in total. The quantitative estimate of drug-likeness (QED) is 0.444. The van der Waals surface area contributed by atoms with Gasteiger partial charge in [0.05, 0.1) is 16.6 Å². The molecule has 5 rings (SSSR count). The fraction of sp³-hybridized carbons (Fsp3) is 0.385. The van der Waals surface area contributed by atoms with Gasteiger partial charge in [-0.3, -0.25) is 9.69 Å². The Kier molecular flexibility index (Phi) is 6.69. The zero-order valence-corrected chi connectivity index (χ0v) is 21.1. The Labute approximate surface area is 209 Å². The van der Waals surface area contributed by atoms with E-state index in [-0.39, 0.29) is 5.56 Å². The Morgan fingerprint density at radius 1 is 1.09 bits per heavy atom. The number of aromatic nitrogens is 5. The highest BCUT2D eigenvalue weighted by molar-refractivity contribution is 6.32. The Morgan fingerprint density at radius 3 is 2.51 bits per heavy atom. The summed E-state index contributed by atoms with van der Waals surface area (Å²) in [7, 11) is 0. The van der Waals surface area contributed by atoms with E-state index in [1.54, 1.807) is 16.9 Å². The first-order valence-corrected chi connectivity index (χ1v) is 12.4. The molecule has 1 saturated heterocycles. The fourth-order valence-corrected chi connectivity index (χ4v) is 4.70. The average molecular weight is 492 g/mol. The first kappa shape index (κ1) is 23.7. The average Bonchev–Trinajstić information content (AvgIpc) is 3.19. The van der Waals surface area contributed by atoms with Crippen molar-refractivity contribution in [1.82, 2.24) is 34.5 Å². The number of H-pyrrole nitrogens is 1. The van der Waals surface area contributed by atoms with Gasteiger partial charge in [0, 0.05) is 56.6 Å². The van der Waals surface area contributed by atoms with Crippen LogP contribution in [0.2, 0.25) is 5.02 Å². The smallest absolute Gasteiger partial charge is 0.258 e. The molecule has 0 radical (unpaired) electrons. The number of hydrogen-bond donors (Lipinski definition) is 1. The van der Waals surface area contributed by atoms with Crippen molar-refractivity contribution in [1.29, 1.82) is 0 Å². The minimum absolute atomic E-state index is 0.179. The van der Waals surface area contributed by atoms with Gasteiger partial charge in [-0.15, -0.1) is 0 Å². The number of fused-ring (bicyclic) bond motifs is 1. The molecule has 0 saturated carbocycles. The van der Waals surface area contributed by atoms with Crippen molar-refractivity contribution in [3.63, 3.8) is 0 Å². The number of pyridine rings is 1. The number of benzene rings is 1. The van der Waals surface area contributed by atoms with Crippen molar-refractivity contribution in [2.24, 2.45) is 0 Å². The van der Waals surface area contributed by atoms with Gasteiger partial charge in [0.25, 0.3) is 5.56 Å². The van der Waals surface area contributed by atoms with Crippen LogP contribution in [0.15, 0.2) is 41.5 Å². The molecule has 9 heteroatoms. The number of halogens is 1. The first-order valence-electron chi connectivity index (χ1n) is 12.0. The molecule has 1 fully saturated rings. The predicted molar refractivity (Wildman–Crippen MR) is 138 cm³/mol. The highest BCUT2D eigenvalue weighted by Gasteiger charge is 2.18. The van der Waals surface area contributed by atoms with Crippen LogP contribution in [0.4, 0.5) is 0 Å². The van der Waals surface area contributed by atoms with Gasteiger partial charge >= 0.3 is 0 Å². The number of likely N-dealkylation sites (N-methyl/N-ethyl adjacent to an activating group) is 1. The van der Waals surface area contributed by atoms with Crippen LogP contribution in [-0.2, 0) is 13.0 Å². The number of aryl methyl sites for hydroxylation is 2. The zero-order chi connectivity index (χ0) is 24.5. The van der Waals surface area contributed by atoms with E-state index in [0.717, 1.165) is 67.5 Å². The lowest BCUT2D eigenvalue weighted by molar-refractivity contribution is 0.132. The predicted octanol–water partition coefficient (Wildman–Crippen LogP) is 3.50. The van der Waals surface area contributed by atoms with Crippen LogP contribution in [0.5, 0.6) is 0 Å². The van der Waals surface area contributed by atoms with Gasteiger partial charge in [0.15, 0.2) is 5.82 Å². The third-order valence-corrected chi connectivity index (χ3v) is 7.14. The highest BCUT2D eigenvalue weighted by Crippen LogP contribution is 2.23. The number of hydrogen-bond acceptors (Lipinski definition) is 6. The molecule has 0 bridgehead atoms. The summed E-state index contributed by atoms with van der Waals surface area (Å²) in [6, 6.07) is 7.62. The number of aromatic amines is 1. The topological polar surface area (TPSA) is 82.9 Å². The van der Waals surface area contributed by atoms with E-state index in [4.69, 9.17) is 16.6 Å². The second-order valence-corrected chi connectivity index (χ2v) is 9.63. The van der Waals surface area contributed by atoms with E-state index in [2.05, 4.69) is 31.8 Å². The van der Waals surface area contributed by atoms with Crippen LogP contribution in [0.3, 0.4) is 0 Å². The van der Waals surface area contributed by atoms with E-state index in [9.17, 15) is 4.79 Å². The normalized spacial score (nSPS) is 15.2. The number of nitrogens with one attached hydrogen (secondary N) is 1. The van der Waals surface area contributed by atoms with Gasteiger partial charge in [0.1, 0.15) is 5.82 Å². The maximum absolute atomic E-state index is 12.8. The molecule has 0 spiro atoms. The summed E-state index contributed by atoms with van der Waals surface area (Å²) >= 11 is 6.56. The molecular formula is C26H30ClN7O. The summed E-state index contributed by atoms with van der Waals surface area (Å²) in [5.41, 5.74) is 4.56. The van der Waals surface area contributed by atoms with Gasteiger partial charge in [-0.25, -0.2) is 14.6 Å². The van der Waals surface area contributed by atoms with Crippen LogP contribution in [0.25, 0.3) is 16.7 Å². The van der Waals surface area contributed by atoms with Crippen molar-refractivity contribution in [2.75, 3.05) is 32.7 Å². The standard InChI is InChI=1S/C26H30ClN7O/c1-4-32-7-9-33(10-8-32)16-20-12-23-21(13-22(20)27)26(35)30-24(29-23)11-19-5-6-25(28-14-19)34-15-17(2)18(3)31-34/h5-6,12-15H,4,7-11,16H2,1-3H3,(H,29,30,35). The molecule has 3 aromatic heterocycles. The maximum atomic E-state index is 12.8. The second kappa shape index (κ2) is 9.89. The van der Waals surface area contributed by atoms with Crippen molar-refractivity contribution in [3.05, 3.63) is 80.2 Å². The van der Waals surface area contributed by atoms with Crippen LogP contribution >= 0.6 is 11.6 Å². The van der Waals surface area contributed by atoms with Crippen molar-refractivity contribution in [2.45, 2.75) is 33.7 Å². The minimum atomic E-state index is -0.179. The van der Waals surface area contributed by atoms with Gasteiger partial charge in [-0.2, -0.15) is 5.10 Å². The second-order valence-electron chi connectivity index (χ2n) is 9.23. The Bertz CT molecular complexity index is 1380. The molecule has 35 heavy (non-hydrogen) atoms. The molecule has 1 N–H and O–H groups in total. The minimum Gasteiger partial charge on any atom is -0.310 e. The largest absolute Gasteiger partial charge is 0.310 e. The number of rotatable bonds is 6. The Morgan fingerprint density at radius 2 is 1.86 bits per heavy atom. The van der Waals surface area contributed by atoms with Crippen LogP contribution in [-0.4, -0.2) is 67.3 Å². The summed E-state index contributed by atoms with van der Waals surface area (Å²) in [4.78, 5) is 29.9. The van der Waals surface area contributed by atoms with Crippen molar-refractivity contribution < 1.29 is 0 Å². The lowest BCUT2D eigenvalue weighted by Crippen LogP contribution is -2.45. The van der Waals surface area contributed by atoms with Gasteiger partial charge < -0.3 is 9.88 Å². The molecule has 1 aromatic carbocycles. The first-order chi connectivity index (χ1) is 16.9. The monoisotopic (exact) mass is 491 g/mol. The summed E-state index contributed by atoms with van der Waals surface area (Å²) < 4.78 is 1.78. The Balaban J connectivity index is 1.36. The van der Waals surface area contributed by atoms with Crippen molar-refractivity contribution in [3.8, 4) is 5.82 Å². The third-order valence-electron chi connectivity index (χ3n) is 6.79. The zero-order valence-electron chi connectivity index (χ0n) is 20.4. The molecular weight excluding hydrogens is 462 g/mol. The molecule has 0 amide bonds. The maximum Gasteiger partial charge on any atom is 0.258 e. The van der Waals surface area contributed by atoms with Gasteiger partial charge in [0.2, 0.25) is 0 Å². The molecule has 0 aliphatic carbocycles. The van der Waals surface area contributed by atoms with E-state index in [1.165, 1.54) is 0 Å². The SMILES string of the molecule is CCN1CCN(Cc2cc3nc(Cc4ccc(-n5cc(C)c(C)n5)nc4)[nH]c(=O)c3cc2Cl)CC1. The molecule has 182 valence electrons. The van der Waals surface area contributed by atoms with Gasteiger partial charge in [-0.05, 0) is 55.3 Å². The summed E-state index contributed by atoms with van der Waals surface area (Å²) in [6.45, 7) is 12.2. The number of nitrogens with zero attached hydrogens (tertiary/aromatic N) is 6. The fourth-order valence-electron chi connectivity index (χ4n) is 4.47. The Hall–Kier alpha value is -3.07. The summed E-state index contributed by atoms with van der Waals surface area (Å²) in [5, 5.41) is 5.60. The number of piperazine rings is 1. The molecule has 0 unspecified atom stereocenters. The van der Waals surface area contributed by atoms with Crippen molar-refractivity contribution >= 4 is 22.5 Å². The molecule has 1 aliphatic heterocycles. The van der Waals surface area contributed by atoms with Crippen LogP contribution in [0, 0.1) is 13.8 Å². The van der Waals surface area contributed by atoms with Crippen LogP contribution < -0.4 is 5.56 Å². The lowest BCUT2D eigenvalue weighted by Gasteiger charge is -2.34. The molecule has 0 atom stereocenters. The molecule has 4 aromatic rings. The third kappa shape index (κ3) is 5.15. The highest BCUT2D eigenvalue weighted by atomic mass is 35.5. The van der Waals surface area contributed by atoms with E-state index in [0.29, 0.717) is 28.2 Å². The van der Waals surface area contributed by atoms with Gasteiger partial charge in [-0.1, -0.05) is 24.6 Å². The van der Waals surface area contributed by atoms with Crippen LogP contribution in [0.1, 0.15) is 35.1 Å². The van der Waals surface area contributed by atoms with E-state index < -0.39 is 0 Å². The van der Waals surface area contributed by atoms with E-state index >= 15 is 0 Å². The van der Waals surface area contributed by atoms with E-state index in [1.807, 2.05) is 38.2 Å². The summed E-state index contributed by atoms with van der Waals surface area (Å²) in [5.74, 6) is 1.36. The lowest BCUT2D eigenvalue weighted by atomic mass is 10.1. The molecule has 1 aliphatic rings.